The lowest BCUT2D eigenvalue weighted by atomic mass is 9.92. The first-order chi connectivity index (χ1) is 13.7. The summed E-state index contributed by atoms with van der Waals surface area (Å²) >= 11 is 0. The normalized spacial score (nSPS) is 22.5. The van der Waals surface area contributed by atoms with Crippen LogP contribution >= 0.6 is 0 Å². The predicted molar refractivity (Wildman–Crippen MR) is 93.2 cm³/mol. The quantitative estimate of drug-likeness (QED) is 0.571. The molecule has 3 N–H and O–H groups in total. The minimum absolute atomic E-state index is 0.559. The smallest absolute Gasteiger partial charge is 0.475 e. The van der Waals surface area contributed by atoms with E-state index in [-0.39, 0.29) is 0 Å². The van der Waals surface area contributed by atoms with E-state index in [1.165, 1.54) is 17.8 Å². The summed E-state index contributed by atoms with van der Waals surface area (Å²) in [5.74, 6) is -3.63. The Morgan fingerprint density at radius 1 is 1.13 bits per heavy atom. The number of hydrogen-bond donors (Lipinski definition) is 3. The number of aromatic nitrogens is 1. The minimum atomic E-state index is -5.08. The van der Waals surface area contributed by atoms with Crippen molar-refractivity contribution in [3.8, 4) is 0 Å². The fourth-order valence-electron chi connectivity index (χ4n) is 3.28. The van der Waals surface area contributed by atoms with E-state index in [2.05, 4.69) is 41.2 Å². The Balaban J connectivity index is 0.000000271. The van der Waals surface area contributed by atoms with E-state index in [1.54, 1.807) is 0 Å². The number of fused-ring (bicyclic) bond motifs is 3. The minimum Gasteiger partial charge on any atom is -0.475 e. The van der Waals surface area contributed by atoms with Crippen LogP contribution in [0.5, 0.6) is 0 Å². The third-order valence-electron chi connectivity index (χ3n) is 4.48. The van der Waals surface area contributed by atoms with Crippen LogP contribution in [-0.4, -0.2) is 64.7 Å². The van der Waals surface area contributed by atoms with Crippen LogP contribution in [0.1, 0.15) is 31.7 Å². The Morgan fingerprint density at radius 3 is 2.07 bits per heavy atom. The van der Waals surface area contributed by atoms with Gasteiger partial charge >= 0.3 is 24.3 Å². The Kier molecular flexibility index (Phi) is 8.45. The Labute approximate surface area is 167 Å². The van der Waals surface area contributed by atoms with Crippen molar-refractivity contribution in [2.75, 3.05) is 18.0 Å². The number of nitrogens with zero attached hydrogens (tertiary/aromatic N) is 2. The molecule has 0 saturated carbocycles. The fraction of sp³-hybridized carbons (Fsp3) is 0.588. The van der Waals surface area contributed by atoms with Gasteiger partial charge in [0.25, 0.3) is 0 Å². The van der Waals surface area contributed by atoms with Crippen LogP contribution in [0, 0.1) is 0 Å². The lowest BCUT2D eigenvalue weighted by Crippen LogP contribution is -2.55. The first kappa shape index (κ1) is 25.5. The topological polar surface area (TPSA) is 103 Å². The maximum atomic E-state index is 10.6. The van der Waals surface area contributed by atoms with Gasteiger partial charge in [-0.25, -0.2) is 14.6 Å². The van der Waals surface area contributed by atoms with Gasteiger partial charge in [0.2, 0.25) is 0 Å². The summed E-state index contributed by atoms with van der Waals surface area (Å²) in [6.07, 6.45) is -7.04. The number of alkyl halides is 6. The van der Waals surface area contributed by atoms with Gasteiger partial charge in [-0.15, -0.1) is 0 Å². The molecule has 2 aliphatic rings. The predicted octanol–water partition coefficient (Wildman–Crippen LogP) is 3.02. The highest BCUT2D eigenvalue weighted by Crippen LogP contribution is 2.42. The van der Waals surface area contributed by atoms with Crippen LogP contribution in [0.15, 0.2) is 18.3 Å². The number of anilines is 1. The van der Waals surface area contributed by atoms with Crippen LogP contribution in [-0.2, 0) is 9.59 Å². The highest BCUT2D eigenvalue weighted by molar-refractivity contribution is 5.73. The van der Waals surface area contributed by atoms with E-state index in [9.17, 15) is 26.3 Å². The molecule has 170 valence electrons. The number of carbonyl (C=O) groups is 2. The van der Waals surface area contributed by atoms with E-state index in [4.69, 9.17) is 19.8 Å². The molecule has 1 saturated heterocycles. The largest absolute Gasteiger partial charge is 0.490 e. The van der Waals surface area contributed by atoms with Crippen molar-refractivity contribution < 1.29 is 46.1 Å². The van der Waals surface area contributed by atoms with Crippen molar-refractivity contribution in [2.45, 2.75) is 50.6 Å². The zero-order chi connectivity index (χ0) is 23.3. The molecular weight excluding hydrogens is 424 g/mol. The standard InChI is InChI=1S/C13H19N3.2C2HF3O2/c1-3-10-11-5-4-6-15-13(11)16-9(2)7-14-8-12(10)16;2*3-2(4,5)1(6)7/h4-6,9-10,12,14H,3,7-8H2,1-2H3;2*(H,6,7)/t9-,10?,12+;;/m1../s1. The molecule has 0 amide bonds. The van der Waals surface area contributed by atoms with Crippen molar-refractivity contribution in [1.82, 2.24) is 10.3 Å². The van der Waals surface area contributed by atoms with Crippen LogP contribution in [0.4, 0.5) is 32.2 Å². The average molecular weight is 445 g/mol. The number of piperazine rings is 1. The van der Waals surface area contributed by atoms with Gasteiger partial charge in [-0.2, -0.15) is 26.3 Å². The van der Waals surface area contributed by atoms with Crippen LogP contribution in [0.2, 0.25) is 0 Å². The van der Waals surface area contributed by atoms with Gasteiger partial charge in [0.15, 0.2) is 0 Å². The fourth-order valence-corrected chi connectivity index (χ4v) is 3.28. The highest BCUT2D eigenvalue weighted by Gasteiger charge is 2.42. The summed E-state index contributed by atoms with van der Waals surface area (Å²) in [4.78, 5) is 24.9. The molecule has 1 unspecified atom stereocenters. The molecule has 1 fully saturated rings. The third-order valence-corrected chi connectivity index (χ3v) is 4.48. The number of halogens is 6. The van der Waals surface area contributed by atoms with Gasteiger partial charge in [-0.05, 0) is 25.0 Å². The zero-order valence-electron chi connectivity index (χ0n) is 16.0. The molecule has 13 heteroatoms. The van der Waals surface area contributed by atoms with Crippen molar-refractivity contribution >= 4 is 17.8 Å². The molecule has 3 heterocycles. The molecule has 1 aromatic rings. The highest BCUT2D eigenvalue weighted by atomic mass is 19.4. The van der Waals surface area contributed by atoms with Gasteiger partial charge in [0, 0.05) is 31.2 Å². The van der Waals surface area contributed by atoms with Gasteiger partial charge in [-0.3, -0.25) is 0 Å². The Morgan fingerprint density at radius 2 is 1.63 bits per heavy atom. The maximum absolute atomic E-state index is 10.6. The van der Waals surface area contributed by atoms with Gasteiger partial charge in [-0.1, -0.05) is 13.0 Å². The number of rotatable bonds is 1. The third kappa shape index (κ3) is 6.47. The molecule has 0 bridgehead atoms. The molecule has 0 aliphatic carbocycles. The first-order valence-electron chi connectivity index (χ1n) is 8.75. The van der Waals surface area contributed by atoms with Crippen LogP contribution in [0.3, 0.4) is 0 Å². The molecule has 0 radical (unpaired) electrons. The van der Waals surface area contributed by atoms with E-state index in [1.807, 2.05) is 6.20 Å². The van der Waals surface area contributed by atoms with E-state index in [0.29, 0.717) is 18.0 Å². The monoisotopic (exact) mass is 445 g/mol. The number of pyridine rings is 1. The number of carboxylic acid groups (broad SMARTS) is 2. The molecule has 2 aliphatic heterocycles. The van der Waals surface area contributed by atoms with E-state index in [0.717, 1.165) is 13.1 Å². The summed E-state index contributed by atoms with van der Waals surface area (Å²) in [6, 6.07) is 5.49. The lowest BCUT2D eigenvalue weighted by Gasteiger charge is -2.39. The Hall–Kier alpha value is -2.57. The summed E-state index contributed by atoms with van der Waals surface area (Å²) in [5, 5.41) is 17.8. The second-order valence-corrected chi connectivity index (χ2v) is 6.52. The van der Waals surface area contributed by atoms with E-state index < -0.39 is 24.3 Å². The molecule has 1 aromatic heterocycles. The number of aliphatic carboxylic acids is 2. The number of nitrogens with one attached hydrogen (secondary N) is 1. The maximum Gasteiger partial charge on any atom is 0.490 e. The summed E-state index contributed by atoms with van der Waals surface area (Å²) < 4.78 is 63.5. The second-order valence-electron chi connectivity index (χ2n) is 6.52. The molecule has 30 heavy (non-hydrogen) atoms. The average Bonchev–Trinajstić information content (AvgIpc) is 2.96. The van der Waals surface area contributed by atoms with Gasteiger partial charge < -0.3 is 20.4 Å². The summed E-state index contributed by atoms with van der Waals surface area (Å²) in [7, 11) is 0. The molecule has 0 aromatic carbocycles. The number of carboxylic acids is 2. The SMILES string of the molecule is CCC1c2cccnc2N2[C@H](C)CNC[C@@H]12.O=C(O)C(F)(F)F.O=C(O)C(F)(F)F. The van der Waals surface area contributed by atoms with Crippen molar-refractivity contribution in [3.63, 3.8) is 0 Å². The Bertz CT molecular complexity index is 717. The molecule has 7 nitrogen and oxygen atoms in total. The number of hydrogen-bond acceptors (Lipinski definition) is 5. The van der Waals surface area contributed by atoms with Crippen molar-refractivity contribution in [3.05, 3.63) is 23.9 Å². The summed E-state index contributed by atoms with van der Waals surface area (Å²) in [6.45, 7) is 6.74. The summed E-state index contributed by atoms with van der Waals surface area (Å²) in [5.41, 5.74) is 1.45. The van der Waals surface area contributed by atoms with E-state index >= 15 is 0 Å². The molecule has 0 spiro atoms. The second kappa shape index (κ2) is 9.96. The lowest BCUT2D eigenvalue weighted by molar-refractivity contribution is -0.193. The van der Waals surface area contributed by atoms with Gasteiger partial charge in [0.05, 0.1) is 6.04 Å². The van der Waals surface area contributed by atoms with Crippen molar-refractivity contribution in [2.24, 2.45) is 0 Å². The molecular formula is C17H21F6N3O4. The van der Waals surface area contributed by atoms with Crippen LogP contribution < -0.4 is 10.2 Å². The first-order valence-corrected chi connectivity index (χ1v) is 8.75. The van der Waals surface area contributed by atoms with Crippen molar-refractivity contribution in [1.29, 1.82) is 0 Å². The molecule has 3 rings (SSSR count). The molecule has 3 atom stereocenters. The van der Waals surface area contributed by atoms with Gasteiger partial charge in [0.1, 0.15) is 5.82 Å². The van der Waals surface area contributed by atoms with Crippen LogP contribution in [0.25, 0.3) is 0 Å². The zero-order valence-corrected chi connectivity index (χ0v) is 16.0.